The highest BCUT2D eigenvalue weighted by Gasteiger charge is 2.41. The maximum atomic E-state index is 5.91. The van der Waals surface area contributed by atoms with Crippen molar-refractivity contribution in [2.45, 2.75) is 38.8 Å². The molecule has 0 bridgehead atoms. The van der Waals surface area contributed by atoms with Crippen LogP contribution in [0.2, 0.25) is 0 Å². The zero-order valence-electron chi connectivity index (χ0n) is 13.0. The first kappa shape index (κ1) is 15.0. The lowest BCUT2D eigenvalue weighted by atomic mass is 10.0. The Morgan fingerprint density at radius 1 is 1.32 bits per heavy atom. The van der Waals surface area contributed by atoms with Gasteiger partial charge in [0.15, 0.2) is 5.11 Å². The van der Waals surface area contributed by atoms with Gasteiger partial charge in [0.25, 0.3) is 0 Å². The van der Waals surface area contributed by atoms with Crippen molar-refractivity contribution in [1.29, 1.82) is 0 Å². The van der Waals surface area contributed by atoms with Crippen LogP contribution in [0.5, 0.6) is 0 Å². The van der Waals surface area contributed by atoms with Gasteiger partial charge < -0.3 is 14.6 Å². The summed E-state index contributed by atoms with van der Waals surface area (Å²) >= 11 is 5.56. The molecular formula is C17H21N3OS. The van der Waals surface area contributed by atoms with Gasteiger partial charge in [-0.1, -0.05) is 19.4 Å². The van der Waals surface area contributed by atoms with Crippen LogP contribution in [0.1, 0.15) is 49.1 Å². The van der Waals surface area contributed by atoms with Gasteiger partial charge in [-0.15, -0.1) is 0 Å². The molecule has 3 rings (SSSR count). The molecule has 4 nitrogen and oxygen atoms in total. The van der Waals surface area contributed by atoms with Crippen LogP contribution in [-0.4, -0.2) is 21.5 Å². The fourth-order valence-corrected chi connectivity index (χ4v) is 3.23. The van der Waals surface area contributed by atoms with E-state index in [0.29, 0.717) is 0 Å². The van der Waals surface area contributed by atoms with Gasteiger partial charge in [-0.3, -0.25) is 4.98 Å². The van der Waals surface area contributed by atoms with Crippen molar-refractivity contribution in [2.24, 2.45) is 0 Å². The average Bonchev–Trinajstić information content (AvgIpc) is 3.09. The number of unbranched alkanes of at least 4 members (excludes halogenated alkanes) is 1. The summed E-state index contributed by atoms with van der Waals surface area (Å²) in [5.74, 6) is 1.86. The summed E-state index contributed by atoms with van der Waals surface area (Å²) in [6.45, 7) is 5.08. The number of pyridine rings is 1. The standard InChI is InChI=1S/C17H21N3OS/c1-3-4-11-20-16(14-9-8-12(2)21-14)15(19-17(20)22)13-7-5-6-10-18-13/h5-10,15-16H,3-4,11H2,1-2H3,(H,19,22)/t15-,16-/m0/s1. The van der Waals surface area contributed by atoms with Crippen molar-refractivity contribution >= 4 is 17.3 Å². The summed E-state index contributed by atoms with van der Waals surface area (Å²) in [4.78, 5) is 6.73. The molecule has 1 fully saturated rings. The summed E-state index contributed by atoms with van der Waals surface area (Å²) in [6, 6.07) is 10.1. The zero-order valence-corrected chi connectivity index (χ0v) is 13.8. The van der Waals surface area contributed by atoms with E-state index in [2.05, 4.69) is 22.1 Å². The van der Waals surface area contributed by atoms with Crippen molar-refractivity contribution in [3.05, 3.63) is 53.7 Å². The molecular weight excluding hydrogens is 294 g/mol. The number of aryl methyl sites for hydroxylation is 1. The summed E-state index contributed by atoms with van der Waals surface area (Å²) in [6.07, 6.45) is 4.06. The van der Waals surface area contributed by atoms with E-state index in [-0.39, 0.29) is 12.1 Å². The third-order valence-corrected chi connectivity index (χ3v) is 4.36. The van der Waals surface area contributed by atoms with Gasteiger partial charge in [-0.2, -0.15) is 0 Å². The molecule has 3 heterocycles. The lowest BCUT2D eigenvalue weighted by Crippen LogP contribution is -2.30. The Labute approximate surface area is 136 Å². The molecule has 22 heavy (non-hydrogen) atoms. The van der Waals surface area contributed by atoms with E-state index < -0.39 is 0 Å². The molecule has 1 aliphatic rings. The van der Waals surface area contributed by atoms with E-state index in [1.165, 1.54) is 0 Å². The molecule has 0 saturated carbocycles. The van der Waals surface area contributed by atoms with E-state index in [0.717, 1.165) is 41.7 Å². The average molecular weight is 315 g/mol. The third kappa shape index (κ3) is 2.86. The minimum absolute atomic E-state index is 0.0242. The first-order chi connectivity index (χ1) is 10.7. The van der Waals surface area contributed by atoms with Crippen LogP contribution in [0.3, 0.4) is 0 Å². The van der Waals surface area contributed by atoms with Crippen LogP contribution in [0.4, 0.5) is 0 Å². The van der Waals surface area contributed by atoms with Crippen LogP contribution in [0.25, 0.3) is 0 Å². The van der Waals surface area contributed by atoms with Crippen molar-refractivity contribution in [2.75, 3.05) is 6.54 Å². The van der Waals surface area contributed by atoms with Gasteiger partial charge in [0.1, 0.15) is 17.6 Å². The van der Waals surface area contributed by atoms with Gasteiger partial charge in [0.05, 0.1) is 11.7 Å². The topological polar surface area (TPSA) is 41.3 Å². The number of hydrogen-bond acceptors (Lipinski definition) is 3. The lowest BCUT2D eigenvalue weighted by molar-refractivity contribution is 0.266. The Bertz CT molecular complexity index is 640. The summed E-state index contributed by atoms with van der Waals surface area (Å²) < 4.78 is 5.91. The fourth-order valence-electron chi connectivity index (χ4n) is 2.90. The molecule has 0 amide bonds. The highest BCUT2D eigenvalue weighted by molar-refractivity contribution is 7.80. The molecule has 0 aromatic carbocycles. The Hall–Kier alpha value is -1.88. The van der Waals surface area contributed by atoms with E-state index >= 15 is 0 Å². The molecule has 1 N–H and O–H groups in total. The molecule has 5 heteroatoms. The largest absolute Gasteiger partial charge is 0.464 e. The van der Waals surface area contributed by atoms with E-state index in [9.17, 15) is 0 Å². The smallest absolute Gasteiger partial charge is 0.170 e. The number of aromatic nitrogens is 1. The van der Waals surface area contributed by atoms with Gasteiger partial charge in [-0.25, -0.2) is 0 Å². The van der Waals surface area contributed by atoms with Crippen molar-refractivity contribution < 1.29 is 4.42 Å². The van der Waals surface area contributed by atoms with Gasteiger partial charge >= 0.3 is 0 Å². The molecule has 2 aromatic heterocycles. The molecule has 0 unspecified atom stereocenters. The first-order valence-corrected chi connectivity index (χ1v) is 8.16. The molecule has 1 aliphatic heterocycles. The quantitative estimate of drug-likeness (QED) is 0.851. The second-order valence-electron chi connectivity index (χ2n) is 5.62. The Balaban J connectivity index is 1.96. The molecule has 2 atom stereocenters. The van der Waals surface area contributed by atoms with Gasteiger partial charge in [0, 0.05) is 12.7 Å². The third-order valence-electron chi connectivity index (χ3n) is 4.00. The van der Waals surface area contributed by atoms with Crippen LogP contribution in [-0.2, 0) is 0 Å². The number of hydrogen-bond donors (Lipinski definition) is 1. The number of nitrogens with zero attached hydrogens (tertiary/aromatic N) is 2. The van der Waals surface area contributed by atoms with Crippen molar-refractivity contribution in [1.82, 2.24) is 15.2 Å². The van der Waals surface area contributed by atoms with E-state index in [1.807, 2.05) is 43.5 Å². The predicted molar refractivity (Wildman–Crippen MR) is 90.5 cm³/mol. The summed E-state index contributed by atoms with van der Waals surface area (Å²) in [5.41, 5.74) is 0.989. The van der Waals surface area contributed by atoms with Gasteiger partial charge in [-0.05, 0) is 49.8 Å². The van der Waals surface area contributed by atoms with Crippen LogP contribution >= 0.6 is 12.2 Å². The highest BCUT2D eigenvalue weighted by atomic mass is 32.1. The van der Waals surface area contributed by atoms with E-state index in [1.54, 1.807) is 0 Å². The van der Waals surface area contributed by atoms with Crippen LogP contribution in [0.15, 0.2) is 40.9 Å². The fraction of sp³-hybridized carbons (Fsp3) is 0.412. The second-order valence-corrected chi connectivity index (χ2v) is 6.01. The lowest BCUT2D eigenvalue weighted by Gasteiger charge is -2.25. The minimum Gasteiger partial charge on any atom is -0.464 e. The number of furan rings is 1. The second kappa shape index (κ2) is 6.48. The Morgan fingerprint density at radius 3 is 2.82 bits per heavy atom. The normalized spacial score (nSPS) is 21.2. The molecule has 1 saturated heterocycles. The SMILES string of the molecule is CCCCN1C(=S)N[C@@H](c2ccccn2)[C@@H]1c1ccc(C)o1. The number of rotatable bonds is 5. The maximum Gasteiger partial charge on any atom is 0.170 e. The first-order valence-electron chi connectivity index (χ1n) is 7.75. The Kier molecular flexibility index (Phi) is 4.43. The van der Waals surface area contributed by atoms with Crippen molar-refractivity contribution in [3.63, 3.8) is 0 Å². The summed E-state index contributed by atoms with van der Waals surface area (Å²) in [5, 5.41) is 4.20. The van der Waals surface area contributed by atoms with Crippen LogP contribution in [0, 0.1) is 6.92 Å². The monoisotopic (exact) mass is 315 g/mol. The molecule has 2 aromatic rings. The predicted octanol–water partition coefficient (Wildman–Crippen LogP) is 3.76. The zero-order chi connectivity index (χ0) is 15.5. The highest BCUT2D eigenvalue weighted by Crippen LogP contribution is 2.39. The maximum absolute atomic E-state index is 5.91. The number of nitrogens with one attached hydrogen (secondary N) is 1. The van der Waals surface area contributed by atoms with Crippen molar-refractivity contribution in [3.8, 4) is 0 Å². The molecule has 0 radical (unpaired) electrons. The van der Waals surface area contributed by atoms with E-state index in [4.69, 9.17) is 16.6 Å². The molecule has 116 valence electrons. The summed E-state index contributed by atoms with van der Waals surface area (Å²) in [7, 11) is 0. The minimum atomic E-state index is 0.0242. The molecule has 0 spiro atoms. The van der Waals surface area contributed by atoms with Crippen LogP contribution < -0.4 is 5.32 Å². The number of thiocarbonyl (C=S) groups is 1. The molecule has 0 aliphatic carbocycles. The van der Waals surface area contributed by atoms with Gasteiger partial charge in [0.2, 0.25) is 0 Å². The Morgan fingerprint density at radius 2 is 2.18 bits per heavy atom.